The van der Waals surface area contributed by atoms with Crippen molar-refractivity contribution in [3.63, 3.8) is 0 Å². The number of rotatable bonds is 18. The van der Waals surface area contributed by atoms with Crippen molar-refractivity contribution in [1.29, 1.82) is 0 Å². The Morgan fingerprint density at radius 3 is 1.78 bits per heavy atom. The van der Waals surface area contributed by atoms with Gasteiger partial charge in [0.15, 0.2) is 0 Å². The Hall–Kier alpha value is -3.00. The lowest BCUT2D eigenvalue weighted by atomic mass is 9.95. The molecule has 1 fully saturated rings. The molecule has 222 valence electrons. The van der Waals surface area contributed by atoms with Gasteiger partial charge in [0, 0.05) is 28.7 Å². The summed E-state index contributed by atoms with van der Waals surface area (Å²) in [5, 5.41) is 22.3. The van der Waals surface area contributed by atoms with Crippen molar-refractivity contribution in [3.05, 3.63) is 79.8 Å². The third kappa shape index (κ3) is 9.52. The largest absolute Gasteiger partial charge is 0.507 e. The van der Waals surface area contributed by atoms with Crippen LogP contribution in [-0.2, 0) is 9.59 Å². The van der Waals surface area contributed by atoms with E-state index in [0.29, 0.717) is 17.7 Å². The molecular weight excluding hydrogens is 584 g/mol. The Kier molecular flexibility index (Phi) is 13.5. The van der Waals surface area contributed by atoms with Gasteiger partial charge in [-0.3, -0.25) is 19.7 Å². The zero-order valence-corrected chi connectivity index (χ0v) is 25.7. The minimum atomic E-state index is -0.804. The molecule has 7 nitrogen and oxygen atoms in total. The number of nitro groups is 1. The minimum absolute atomic E-state index is 0.0107. The molecule has 2 aromatic rings. The molecule has 1 aliphatic heterocycles. The first-order valence-corrected chi connectivity index (χ1v) is 15.9. The zero-order chi connectivity index (χ0) is 29.6. The van der Waals surface area contributed by atoms with Crippen LogP contribution in [0.25, 0.3) is 5.76 Å². The molecule has 1 atom stereocenters. The predicted molar refractivity (Wildman–Crippen MR) is 167 cm³/mol. The molecule has 41 heavy (non-hydrogen) atoms. The van der Waals surface area contributed by atoms with Crippen LogP contribution in [0.2, 0.25) is 0 Å². The van der Waals surface area contributed by atoms with Crippen LogP contribution in [0.4, 0.5) is 5.69 Å². The van der Waals surface area contributed by atoms with Crippen LogP contribution < -0.4 is 0 Å². The number of benzene rings is 2. The van der Waals surface area contributed by atoms with E-state index >= 15 is 0 Å². The van der Waals surface area contributed by atoms with Crippen molar-refractivity contribution in [3.8, 4) is 0 Å². The lowest BCUT2D eigenvalue weighted by Gasteiger charge is -2.25. The second-order valence-corrected chi connectivity index (χ2v) is 11.9. The highest BCUT2D eigenvalue weighted by Gasteiger charge is 2.45. The summed E-state index contributed by atoms with van der Waals surface area (Å²) in [6, 6.07) is 11.9. The zero-order valence-electron chi connectivity index (χ0n) is 24.2. The summed E-state index contributed by atoms with van der Waals surface area (Å²) in [5.41, 5.74) is 0.913. The first-order chi connectivity index (χ1) is 19.8. The van der Waals surface area contributed by atoms with Crippen molar-refractivity contribution >= 4 is 39.1 Å². The Bertz CT molecular complexity index is 1180. The van der Waals surface area contributed by atoms with Crippen LogP contribution in [0.1, 0.15) is 114 Å². The molecular formula is C33H43BrN2O5. The van der Waals surface area contributed by atoms with Gasteiger partial charge in [0.05, 0.1) is 16.5 Å². The van der Waals surface area contributed by atoms with Gasteiger partial charge in [0.25, 0.3) is 17.4 Å². The lowest BCUT2D eigenvalue weighted by molar-refractivity contribution is -0.384. The molecule has 0 aromatic heterocycles. The number of ketones is 1. The van der Waals surface area contributed by atoms with Gasteiger partial charge >= 0.3 is 0 Å². The normalized spacial score (nSPS) is 16.4. The number of non-ortho nitro benzene ring substituents is 1. The Morgan fingerprint density at radius 1 is 0.805 bits per heavy atom. The Labute approximate surface area is 252 Å². The number of nitro benzene ring substituents is 1. The molecule has 3 rings (SSSR count). The van der Waals surface area contributed by atoms with E-state index in [1.54, 1.807) is 36.4 Å². The first kappa shape index (κ1) is 32.5. The van der Waals surface area contributed by atoms with Gasteiger partial charge in [-0.05, 0) is 36.2 Å². The molecule has 0 saturated carbocycles. The molecule has 1 heterocycles. The quantitative estimate of drug-likeness (QED) is 0.0443. The van der Waals surface area contributed by atoms with E-state index in [0.717, 1.165) is 30.2 Å². The van der Waals surface area contributed by atoms with Gasteiger partial charge in [0.1, 0.15) is 5.76 Å². The number of aliphatic hydroxyl groups excluding tert-OH is 1. The van der Waals surface area contributed by atoms with Gasteiger partial charge in [0.2, 0.25) is 0 Å². The van der Waals surface area contributed by atoms with Crippen LogP contribution in [0.15, 0.2) is 58.6 Å². The Morgan fingerprint density at radius 2 is 1.29 bits per heavy atom. The molecule has 1 aliphatic rings. The minimum Gasteiger partial charge on any atom is -0.507 e. The van der Waals surface area contributed by atoms with Gasteiger partial charge in [-0.25, -0.2) is 0 Å². The SMILES string of the molecule is CCCCCCCCCCCCCCCCN1C(=O)C(=O)/C(=C(/O)c2ccc(Br)cc2)C1c1ccc([N+](=O)[O-])cc1. The summed E-state index contributed by atoms with van der Waals surface area (Å²) >= 11 is 3.37. The Balaban J connectivity index is 1.58. The molecule has 1 saturated heterocycles. The van der Waals surface area contributed by atoms with Crippen molar-refractivity contribution in [2.24, 2.45) is 0 Å². The molecule has 8 heteroatoms. The topological polar surface area (TPSA) is 101 Å². The van der Waals surface area contributed by atoms with E-state index in [1.807, 2.05) is 0 Å². The second kappa shape index (κ2) is 17.1. The standard InChI is InChI=1S/C33H43BrN2O5/c1-2-3-4-5-6-7-8-9-10-11-12-13-14-15-24-35-30(25-18-22-28(23-19-25)36(40)41)29(32(38)33(35)39)31(37)26-16-20-27(34)21-17-26/h16-23,30,37H,2-15,24H2,1H3/b31-29+. The molecule has 0 radical (unpaired) electrons. The second-order valence-electron chi connectivity index (χ2n) is 10.9. The predicted octanol–water partition coefficient (Wildman–Crippen LogP) is 9.26. The lowest BCUT2D eigenvalue weighted by Crippen LogP contribution is -2.30. The maximum Gasteiger partial charge on any atom is 0.295 e. The molecule has 1 unspecified atom stereocenters. The first-order valence-electron chi connectivity index (χ1n) is 15.1. The van der Waals surface area contributed by atoms with Crippen LogP contribution in [0.3, 0.4) is 0 Å². The molecule has 1 amide bonds. The molecule has 0 aliphatic carbocycles. The fourth-order valence-corrected chi connectivity index (χ4v) is 5.74. The van der Waals surface area contributed by atoms with Crippen LogP contribution in [0, 0.1) is 10.1 Å². The molecule has 2 aromatic carbocycles. The van der Waals surface area contributed by atoms with E-state index in [-0.39, 0.29) is 17.0 Å². The number of hydrogen-bond donors (Lipinski definition) is 1. The average Bonchev–Trinajstić information content (AvgIpc) is 3.22. The number of amides is 1. The summed E-state index contributed by atoms with van der Waals surface area (Å²) in [7, 11) is 0. The molecule has 1 N–H and O–H groups in total. The number of halogens is 1. The van der Waals surface area contributed by atoms with Crippen molar-refractivity contribution < 1.29 is 19.6 Å². The maximum atomic E-state index is 13.2. The highest BCUT2D eigenvalue weighted by molar-refractivity contribution is 9.10. The number of carbonyl (C=O) groups excluding carboxylic acids is 2. The van der Waals surface area contributed by atoms with Crippen molar-refractivity contribution in [1.82, 2.24) is 4.90 Å². The third-order valence-corrected chi connectivity index (χ3v) is 8.36. The van der Waals surface area contributed by atoms with E-state index in [4.69, 9.17) is 0 Å². The van der Waals surface area contributed by atoms with Gasteiger partial charge in [-0.2, -0.15) is 0 Å². The smallest absolute Gasteiger partial charge is 0.295 e. The van der Waals surface area contributed by atoms with Crippen LogP contribution in [0.5, 0.6) is 0 Å². The summed E-state index contributed by atoms with van der Waals surface area (Å²) in [4.78, 5) is 38.5. The highest BCUT2D eigenvalue weighted by atomic mass is 79.9. The van der Waals surface area contributed by atoms with Crippen molar-refractivity contribution in [2.75, 3.05) is 6.54 Å². The van der Waals surface area contributed by atoms with Crippen molar-refractivity contribution in [2.45, 2.75) is 103 Å². The number of unbranched alkanes of at least 4 members (excludes halogenated alkanes) is 13. The molecule has 0 spiro atoms. The van der Waals surface area contributed by atoms with Gasteiger partial charge in [-0.1, -0.05) is 118 Å². The number of likely N-dealkylation sites (tertiary alicyclic amines) is 1. The fourth-order valence-electron chi connectivity index (χ4n) is 5.48. The van der Waals surface area contributed by atoms with Gasteiger partial charge < -0.3 is 10.0 Å². The number of nitrogens with zero attached hydrogens (tertiary/aromatic N) is 2. The maximum absolute atomic E-state index is 13.2. The third-order valence-electron chi connectivity index (χ3n) is 7.83. The summed E-state index contributed by atoms with van der Waals surface area (Å²) in [5.74, 6) is -1.64. The fraction of sp³-hybridized carbons (Fsp3) is 0.515. The van der Waals surface area contributed by atoms with Crippen LogP contribution >= 0.6 is 15.9 Å². The highest BCUT2D eigenvalue weighted by Crippen LogP contribution is 2.40. The summed E-state index contributed by atoms with van der Waals surface area (Å²) in [6.45, 7) is 2.62. The van der Waals surface area contributed by atoms with E-state index in [9.17, 15) is 24.8 Å². The number of carbonyl (C=O) groups is 2. The average molecular weight is 628 g/mol. The van der Waals surface area contributed by atoms with Gasteiger partial charge in [-0.15, -0.1) is 0 Å². The molecule has 0 bridgehead atoms. The van der Waals surface area contributed by atoms with E-state index < -0.39 is 22.7 Å². The van der Waals surface area contributed by atoms with E-state index in [1.165, 1.54) is 81.2 Å². The van der Waals surface area contributed by atoms with Crippen LogP contribution in [-0.4, -0.2) is 33.2 Å². The number of Topliss-reactive ketones (excluding diaryl/α,β-unsaturated/α-hetero) is 1. The summed E-state index contributed by atoms with van der Waals surface area (Å²) in [6.07, 6.45) is 17.1. The number of hydrogen-bond acceptors (Lipinski definition) is 5. The monoisotopic (exact) mass is 626 g/mol. The summed E-state index contributed by atoms with van der Waals surface area (Å²) < 4.78 is 0.819. The number of aliphatic hydroxyl groups is 1. The van der Waals surface area contributed by atoms with E-state index in [2.05, 4.69) is 22.9 Å².